The Morgan fingerprint density at radius 1 is 1.24 bits per heavy atom. The number of hydrogen-bond donors (Lipinski definition) is 1. The van der Waals surface area contributed by atoms with E-state index in [2.05, 4.69) is 5.32 Å². The summed E-state index contributed by atoms with van der Waals surface area (Å²) in [6, 6.07) is 8.29. The lowest BCUT2D eigenvalue weighted by Crippen LogP contribution is -2.51. The van der Waals surface area contributed by atoms with Gasteiger partial charge in [-0.2, -0.15) is 0 Å². The summed E-state index contributed by atoms with van der Waals surface area (Å²) in [5, 5.41) is 2.82. The van der Waals surface area contributed by atoms with Crippen molar-refractivity contribution in [2.45, 2.75) is 19.9 Å². The number of hydrogen-bond acceptors (Lipinski definition) is 4. The van der Waals surface area contributed by atoms with Gasteiger partial charge in [0.2, 0.25) is 5.91 Å². The van der Waals surface area contributed by atoms with Crippen LogP contribution in [0.2, 0.25) is 0 Å². The zero-order chi connectivity index (χ0) is 18.0. The van der Waals surface area contributed by atoms with Crippen molar-refractivity contribution in [3.05, 3.63) is 47.2 Å². The molecule has 1 aromatic carbocycles. The fraction of sp³-hybridized carbons (Fsp3) is 0.389. The molecule has 0 radical (unpaired) electrons. The van der Waals surface area contributed by atoms with Crippen molar-refractivity contribution >= 4 is 17.9 Å². The van der Waals surface area contributed by atoms with E-state index >= 15 is 0 Å². The van der Waals surface area contributed by atoms with E-state index in [1.165, 1.54) is 4.90 Å². The number of benzene rings is 1. The first-order chi connectivity index (χ1) is 12.1. The summed E-state index contributed by atoms with van der Waals surface area (Å²) >= 11 is 0. The molecule has 7 heteroatoms. The highest BCUT2D eigenvalue weighted by atomic mass is 16.5. The molecule has 3 amide bonds. The number of cyclic esters (lactones) is 1. The first-order valence-electron chi connectivity index (χ1n) is 8.37. The van der Waals surface area contributed by atoms with E-state index < -0.39 is 18.0 Å². The van der Waals surface area contributed by atoms with Gasteiger partial charge in [-0.25, -0.2) is 9.59 Å². The Bertz CT molecular complexity index is 725. The van der Waals surface area contributed by atoms with Gasteiger partial charge in [-0.05, 0) is 19.4 Å². The van der Waals surface area contributed by atoms with Crippen LogP contribution in [0.3, 0.4) is 0 Å². The van der Waals surface area contributed by atoms with Crippen molar-refractivity contribution in [3.63, 3.8) is 0 Å². The van der Waals surface area contributed by atoms with Gasteiger partial charge in [-0.3, -0.25) is 9.69 Å². The van der Waals surface area contributed by atoms with Crippen molar-refractivity contribution < 1.29 is 19.1 Å². The predicted molar refractivity (Wildman–Crippen MR) is 90.3 cm³/mol. The molecule has 3 rings (SSSR count). The second-order valence-electron chi connectivity index (χ2n) is 5.88. The summed E-state index contributed by atoms with van der Waals surface area (Å²) in [6.45, 7) is 4.81. The highest BCUT2D eigenvalue weighted by Gasteiger charge is 2.42. The van der Waals surface area contributed by atoms with Gasteiger partial charge >= 0.3 is 12.0 Å². The Hall–Kier alpha value is -2.83. The molecular formula is C18H21N3O4. The number of nitrogens with zero attached hydrogens (tertiary/aromatic N) is 2. The topological polar surface area (TPSA) is 79.0 Å². The Labute approximate surface area is 146 Å². The fourth-order valence-corrected chi connectivity index (χ4v) is 3.19. The number of amides is 3. The van der Waals surface area contributed by atoms with E-state index in [9.17, 15) is 14.4 Å². The summed E-state index contributed by atoms with van der Waals surface area (Å²) in [5.41, 5.74) is 1.68. The first kappa shape index (κ1) is 17.0. The predicted octanol–water partition coefficient (Wildman–Crippen LogP) is 1.43. The van der Waals surface area contributed by atoms with E-state index in [1.807, 2.05) is 44.2 Å². The van der Waals surface area contributed by atoms with Crippen LogP contribution in [0.15, 0.2) is 41.6 Å². The molecule has 0 fully saturated rings. The minimum Gasteiger partial charge on any atom is -0.456 e. The van der Waals surface area contributed by atoms with E-state index in [-0.39, 0.29) is 19.1 Å². The lowest BCUT2D eigenvalue weighted by atomic mass is 9.96. The third-order valence-corrected chi connectivity index (χ3v) is 4.54. The van der Waals surface area contributed by atoms with Crippen LogP contribution in [0.25, 0.3) is 0 Å². The van der Waals surface area contributed by atoms with Gasteiger partial charge in [0.1, 0.15) is 13.2 Å². The second-order valence-corrected chi connectivity index (χ2v) is 5.88. The van der Waals surface area contributed by atoms with Crippen LogP contribution in [-0.2, 0) is 14.3 Å². The minimum atomic E-state index is -0.557. The molecule has 132 valence electrons. The number of urea groups is 1. The van der Waals surface area contributed by atoms with Gasteiger partial charge in [-0.1, -0.05) is 30.3 Å². The number of nitrogens with one attached hydrogen (secondary N) is 1. The fourth-order valence-electron chi connectivity index (χ4n) is 3.19. The van der Waals surface area contributed by atoms with Gasteiger partial charge in [0, 0.05) is 13.1 Å². The molecule has 0 unspecified atom stereocenters. The lowest BCUT2D eigenvalue weighted by molar-refractivity contribution is -0.136. The number of esters is 1. The molecule has 0 spiro atoms. The average Bonchev–Trinajstić information content (AvgIpc) is 3.01. The SMILES string of the molecule is CCN(CC)C(=O)CN1C(=O)N[C@@H](c2ccccc2)C2=C1COC2=O. The molecule has 0 bridgehead atoms. The van der Waals surface area contributed by atoms with Gasteiger partial charge in [-0.15, -0.1) is 0 Å². The number of likely N-dealkylation sites (N-methyl/N-ethyl adjacent to an activating group) is 1. The van der Waals surface area contributed by atoms with Crippen LogP contribution >= 0.6 is 0 Å². The van der Waals surface area contributed by atoms with Crippen molar-refractivity contribution in [1.82, 2.24) is 15.1 Å². The number of carbonyl (C=O) groups excluding carboxylic acids is 3. The highest BCUT2D eigenvalue weighted by molar-refractivity contribution is 5.98. The van der Waals surface area contributed by atoms with Gasteiger partial charge in [0.25, 0.3) is 0 Å². The normalized spacial score (nSPS) is 19.4. The van der Waals surface area contributed by atoms with E-state index in [0.717, 1.165) is 5.56 Å². The first-order valence-corrected chi connectivity index (χ1v) is 8.37. The molecule has 2 aliphatic heterocycles. The second kappa shape index (κ2) is 6.96. The highest BCUT2D eigenvalue weighted by Crippen LogP contribution is 2.34. The van der Waals surface area contributed by atoms with E-state index in [1.54, 1.807) is 4.90 Å². The minimum absolute atomic E-state index is 0.0104. The summed E-state index contributed by atoms with van der Waals surface area (Å²) in [4.78, 5) is 40.2. The van der Waals surface area contributed by atoms with Crippen LogP contribution in [-0.4, -0.2) is 53.9 Å². The molecule has 0 aromatic heterocycles. The average molecular weight is 343 g/mol. The molecule has 0 saturated heterocycles. The van der Waals surface area contributed by atoms with E-state index in [4.69, 9.17) is 4.74 Å². The van der Waals surface area contributed by atoms with Crippen molar-refractivity contribution in [1.29, 1.82) is 0 Å². The van der Waals surface area contributed by atoms with Crippen molar-refractivity contribution in [2.24, 2.45) is 0 Å². The monoisotopic (exact) mass is 343 g/mol. The molecule has 0 aliphatic carbocycles. The molecule has 1 atom stereocenters. The molecule has 2 aliphatic rings. The summed E-state index contributed by atoms with van der Waals surface area (Å²) in [7, 11) is 0. The smallest absolute Gasteiger partial charge is 0.338 e. The third-order valence-electron chi connectivity index (χ3n) is 4.54. The van der Waals surface area contributed by atoms with Crippen LogP contribution in [0, 0.1) is 0 Å². The zero-order valence-electron chi connectivity index (χ0n) is 14.3. The molecule has 7 nitrogen and oxygen atoms in total. The van der Waals surface area contributed by atoms with Crippen LogP contribution < -0.4 is 5.32 Å². The molecule has 25 heavy (non-hydrogen) atoms. The molecule has 2 heterocycles. The van der Waals surface area contributed by atoms with Crippen LogP contribution in [0.1, 0.15) is 25.5 Å². The van der Waals surface area contributed by atoms with Crippen molar-refractivity contribution in [3.8, 4) is 0 Å². The maximum atomic E-state index is 12.6. The van der Waals surface area contributed by atoms with Gasteiger partial charge in [0.05, 0.1) is 17.3 Å². The van der Waals surface area contributed by atoms with Crippen LogP contribution in [0.5, 0.6) is 0 Å². The summed E-state index contributed by atoms with van der Waals surface area (Å²) in [5.74, 6) is -0.617. The van der Waals surface area contributed by atoms with Crippen LogP contribution in [0.4, 0.5) is 4.79 Å². The Balaban J connectivity index is 1.93. The summed E-state index contributed by atoms with van der Waals surface area (Å²) in [6.07, 6.45) is 0. The Morgan fingerprint density at radius 2 is 1.92 bits per heavy atom. The lowest BCUT2D eigenvalue weighted by Gasteiger charge is -2.33. The maximum Gasteiger partial charge on any atom is 0.338 e. The molecule has 1 aromatic rings. The zero-order valence-corrected chi connectivity index (χ0v) is 14.3. The molecule has 1 N–H and O–H groups in total. The number of ether oxygens (including phenoxy) is 1. The molecule has 0 saturated carbocycles. The van der Waals surface area contributed by atoms with Crippen molar-refractivity contribution in [2.75, 3.05) is 26.2 Å². The molecular weight excluding hydrogens is 322 g/mol. The largest absolute Gasteiger partial charge is 0.456 e. The third kappa shape index (κ3) is 3.09. The number of rotatable bonds is 5. The van der Waals surface area contributed by atoms with E-state index in [0.29, 0.717) is 24.4 Å². The van der Waals surface area contributed by atoms with Gasteiger partial charge < -0.3 is 15.0 Å². The summed E-state index contributed by atoms with van der Waals surface area (Å²) < 4.78 is 5.15. The number of carbonyl (C=O) groups is 3. The van der Waals surface area contributed by atoms with Gasteiger partial charge in [0.15, 0.2) is 0 Å². The quantitative estimate of drug-likeness (QED) is 0.821. The standard InChI is InChI=1S/C18H21N3O4/c1-3-20(4-2)14(22)10-21-13-11-25-17(23)15(13)16(19-18(21)24)12-8-6-5-7-9-12/h5-9,16H,3-4,10-11H2,1-2H3,(H,19,24)/t16-/m0/s1. The Kier molecular flexibility index (Phi) is 4.74. The Morgan fingerprint density at radius 3 is 2.56 bits per heavy atom. The maximum absolute atomic E-state index is 12.6.